The van der Waals surface area contributed by atoms with Gasteiger partial charge in [0.05, 0.1) is 30.2 Å². The maximum absolute atomic E-state index is 12.9. The number of aliphatic hydroxyl groups excluding tert-OH is 1. The molecule has 3 rings (SSSR count). The second kappa shape index (κ2) is 9.50. The molecular weight excluding hydrogens is 380 g/mol. The van der Waals surface area contributed by atoms with Crippen LogP contribution in [-0.4, -0.2) is 33.1 Å². The highest BCUT2D eigenvalue weighted by molar-refractivity contribution is 7.99. The van der Waals surface area contributed by atoms with Crippen LogP contribution in [0.3, 0.4) is 0 Å². The Hall–Kier alpha value is -1.67. The molecule has 3 aromatic rings. The van der Waals surface area contributed by atoms with E-state index in [1.807, 2.05) is 55.6 Å². The Kier molecular flexibility index (Phi) is 7.07. The Bertz CT molecular complexity index is 925. The maximum Gasteiger partial charge on any atom is 0.262 e. The lowest BCUT2D eigenvalue weighted by Gasteiger charge is -2.19. The van der Waals surface area contributed by atoms with Crippen molar-refractivity contribution in [3.8, 4) is 0 Å². The summed E-state index contributed by atoms with van der Waals surface area (Å²) in [5.74, 6) is 0.422. The highest BCUT2D eigenvalue weighted by Gasteiger charge is 2.17. The first-order chi connectivity index (χ1) is 13.1. The van der Waals surface area contributed by atoms with E-state index in [9.17, 15) is 9.90 Å². The van der Waals surface area contributed by atoms with Crippen LogP contribution in [0.1, 0.15) is 31.2 Å². The minimum Gasteiger partial charge on any atom is -0.390 e. The van der Waals surface area contributed by atoms with Crippen molar-refractivity contribution in [3.63, 3.8) is 0 Å². The van der Waals surface area contributed by atoms with Crippen LogP contribution in [0, 0.1) is 0 Å². The van der Waals surface area contributed by atoms with Crippen LogP contribution in [0.4, 0.5) is 0 Å². The van der Waals surface area contributed by atoms with Gasteiger partial charge in [0.2, 0.25) is 0 Å². The monoisotopic (exact) mass is 404 g/mol. The third-order valence-electron chi connectivity index (χ3n) is 4.35. The van der Waals surface area contributed by atoms with Gasteiger partial charge in [-0.25, -0.2) is 4.98 Å². The summed E-state index contributed by atoms with van der Waals surface area (Å²) in [6.07, 6.45) is 0.212. The van der Waals surface area contributed by atoms with Crippen LogP contribution >= 0.6 is 23.1 Å². The van der Waals surface area contributed by atoms with Gasteiger partial charge >= 0.3 is 0 Å². The van der Waals surface area contributed by atoms with Gasteiger partial charge < -0.3 is 9.84 Å². The minimum atomic E-state index is -0.622. The molecule has 7 heteroatoms. The number of thioether (sulfide) groups is 1. The van der Waals surface area contributed by atoms with Gasteiger partial charge in [-0.05, 0) is 36.9 Å². The van der Waals surface area contributed by atoms with Crippen molar-refractivity contribution in [3.05, 3.63) is 57.0 Å². The SMILES string of the molecule is CC[C@@H](C)n1c(SC[C@H](O)COCc2cccs2)nc2ccccc2c1=O. The fourth-order valence-corrected chi connectivity index (χ4v) is 4.35. The van der Waals surface area contributed by atoms with Crippen molar-refractivity contribution >= 4 is 34.0 Å². The number of hydrogen-bond donors (Lipinski definition) is 1. The van der Waals surface area contributed by atoms with Crippen LogP contribution in [0.25, 0.3) is 10.9 Å². The topological polar surface area (TPSA) is 64.3 Å². The molecule has 5 nitrogen and oxygen atoms in total. The van der Waals surface area contributed by atoms with Gasteiger partial charge in [0.1, 0.15) is 0 Å². The largest absolute Gasteiger partial charge is 0.390 e. The molecule has 0 bridgehead atoms. The number of rotatable bonds is 9. The Morgan fingerprint density at radius 2 is 2.11 bits per heavy atom. The number of thiophene rings is 1. The van der Waals surface area contributed by atoms with Gasteiger partial charge in [-0.3, -0.25) is 9.36 Å². The Labute approximate surface area is 167 Å². The zero-order chi connectivity index (χ0) is 19.2. The molecule has 0 aliphatic heterocycles. The van der Waals surface area contributed by atoms with Crippen LogP contribution in [0.2, 0.25) is 0 Å². The second-order valence-corrected chi connectivity index (χ2v) is 8.42. The lowest BCUT2D eigenvalue weighted by atomic mass is 10.2. The Morgan fingerprint density at radius 1 is 1.30 bits per heavy atom. The number of ether oxygens (including phenoxy) is 1. The van der Waals surface area contributed by atoms with Gasteiger partial charge in [0.15, 0.2) is 5.16 Å². The van der Waals surface area contributed by atoms with Crippen molar-refractivity contribution in [1.29, 1.82) is 0 Å². The van der Waals surface area contributed by atoms with E-state index >= 15 is 0 Å². The maximum atomic E-state index is 12.9. The van der Waals surface area contributed by atoms with Gasteiger partial charge in [-0.2, -0.15) is 0 Å². The van der Waals surface area contributed by atoms with Crippen LogP contribution in [0.5, 0.6) is 0 Å². The molecule has 2 heterocycles. The summed E-state index contributed by atoms with van der Waals surface area (Å²) in [5.41, 5.74) is 0.661. The van der Waals surface area contributed by atoms with Crippen LogP contribution in [-0.2, 0) is 11.3 Å². The number of benzene rings is 1. The molecule has 2 aromatic heterocycles. The molecule has 0 saturated heterocycles. The molecule has 0 spiro atoms. The number of para-hydroxylation sites is 1. The van der Waals surface area contributed by atoms with Gasteiger partial charge in [-0.15, -0.1) is 11.3 Å². The van der Waals surface area contributed by atoms with Gasteiger partial charge in [0.25, 0.3) is 5.56 Å². The molecule has 0 radical (unpaired) electrons. The van der Waals surface area contributed by atoms with Crippen molar-refractivity contribution in [2.45, 2.75) is 44.2 Å². The average Bonchev–Trinajstić information content (AvgIpc) is 3.19. The summed E-state index contributed by atoms with van der Waals surface area (Å²) >= 11 is 3.04. The summed E-state index contributed by atoms with van der Waals surface area (Å²) in [7, 11) is 0. The van der Waals surface area contributed by atoms with E-state index in [0.29, 0.717) is 28.4 Å². The van der Waals surface area contributed by atoms with Crippen molar-refractivity contribution in [2.75, 3.05) is 12.4 Å². The molecule has 1 aromatic carbocycles. The average molecular weight is 405 g/mol. The smallest absolute Gasteiger partial charge is 0.262 e. The first kappa shape index (κ1) is 20.1. The minimum absolute atomic E-state index is 0.0270. The van der Waals surface area contributed by atoms with Crippen LogP contribution < -0.4 is 5.56 Å². The third kappa shape index (κ3) is 4.99. The second-order valence-electron chi connectivity index (χ2n) is 6.40. The number of nitrogens with zero attached hydrogens (tertiary/aromatic N) is 2. The molecule has 1 N–H and O–H groups in total. The molecule has 27 heavy (non-hydrogen) atoms. The fourth-order valence-electron chi connectivity index (χ4n) is 2.71. The van der Waals surface area contributed by atoms with E-state index in [0.717, 1.165) is 11.3 Å². The van der Waals surface area contributed by atoms with Crippen molar-refractivity contribution in [2.24, 2.45) is 0 Å². The number of hydrogen-bond acceptors (Lipinski definition) is 6. The summed E-state index contributed by atoms with van der Waals surface area (Å²) < 4.78 is 7.32. The summed E-state index contributed by atoms with van der Waals surface area (Å²) in [6, 6.07) is 11.4. The number of aliphatic hydroxyl groups is 1. The zero-order valence-corrected chi connectivity index (χ0v) is 17.1. The summed E-state index contributed by atoms with van der Waals surface area (Å²) in [4.78, 5) is 18.7. The molecule has 0 fully saturated rings. The Balaban J connectivity index is 1.70. The van der Waals surface area contributed by atoms with Crippen molar-refractivity contribution in [1.82, 2.24) is 9.55 Å². The standard InChI is InChI=1S/C20H24N2O3S2/c1-3-14(2)22-19(24)17-8-4-5-9-18(17)21-20(22)27-13-15(23)11-25-12-16-7-6-10-26-16/h4-10,14-15,23H,3,11-13H2,1-2H3/t14-,15-/m1/s1. The van der Waals surface area contributed by atoms with E-state index in [1.54, 1.807) is 15.9 Å². The predicted octanol–water partition coefficient (Wildman–Crippen LogP) is 4.10. The highest BCUT2D eigenvalue weighted by Crippen LogP contribution is 2.23. The molecule has 0 unspecified atom stereocenters. The molecule has 0 aliphatic rings. The fraction of sp³-hybridized carbons (Fsp3) is 0.400. The number of fused-ring (bicyclic) bond motifs is 1. The van der Waals surface area contributed by atoms with Gasteiger partial charge in [-0.1, -0.05) is 36.9 Å². The molecule has 0 amide bonds. The zero-order valence-electron chi connectivity index (χ0n) is 15.5. The third-order valence-corrected chi connectivity index (χ3v) is 6.29. The van der Waals surface area contributed by atoms with Gasteiger partial charge in [0, 0.05) is 16.7 Å². The highest BCUT2D eigenvalue weighted by atomic mass is 32.2. The van der Waals surface area contributed by atoms with Crippen LogP contribution in [0.15, 0.2) is 51.7 Å². The molecule has 2 atom stereocenters. The van der Waals surface area contributed by atoms with E-state index in [4.69, 9.17) is 4.74 Å². The van der Waals surface area contributed by atoms with Crippen molar-refractivity contribution < 1.29 is 9.84 Å². The number of aromatic nitrogens is 2. The molecule has 144 valence electrons. The van der Waals surface area contributed by atoms with E-state index in [2.05, 4.69) is 4.98 Å². The van der Waals surface area contributed by atoms with E-state index < -0.39 is 6.10 Å². The summed E-state index contributed by atoms with van der Waals surface area (Å²) in [5, 5.41) is 13.5. The lowest BCUT2D eigenvalue weighted by Crippen LogP contribution is -2.27. The first-order valence-corrected chi connectivity index (χ1v) is 10.9. The Morgan fingerprint density at radius 3 is 2.85 bits per heavy atom. The molecule has 0 aliphatic carbocycles. The van der Waals surface area contributed by atoms with E-state index in [-0.39, 0.29) is 18.2 Å². The van der Waals surface area contributed by atoms with E-state index in [1.165, 1.54) is 11.8 Å². The normalized spacial score (nSPS) is 13.7. The first-order valence-electron chi connectivity index (χ1n) is 9.02. The predicted molar refractivity (Wildman–Crippen MR) is 112 cm³/mol. The molecule has 0 saturated carbocycles. The summed E-state index contributed by atoms with van der Waals surface area (Å²) in [6.45, 7) is 4.83. The quantitative estimate of drug-likeness (QED) is 0.430. The molecular formula is C20H24N2O3S2. The lowest BCUT2D eigenvalue weighted by molar-refractivity contribution is 0.0408.